The number of nitrogens with one attached hydrogen (secondary N) is 1. The highest BCUT2D eigenvalue weighted by Gasteiger charge is 2.15. The van der Waals surface area contributed by atoms with Gasteiger partial charge in [-0.2, -0.15) is 0 Å². The first-order valence-corrected chi connectivity index (χ1v) is 5.88. The van der Waals surface area contributed by atoms with Crippen molar-refractivity contribution in [3.05, 3.63) is 53.4 Å². The fourth-order valence-corrected chi connectivity index (χ4v) is 1.68. The molecule has 0 spiro atoms. The Hall–Kier alpha value is -1.94. The Morgan fingerprint density at radius 3 is 2.67 bits per heavy atom. The molecule has 2 rings (SSSR count). The predicted octanol–water partition coefficient (Wildman–Crippen LogP) is 2.87. The molecule has 1 aromatic carbocycles. The molecule has 0 radical (unpaired) electrons. The quantitative estimate of drug-likeness (QED) is 0.924. The zero-order valence-corrected chi connectivity index (χ0v) is 10.6. The van der Waals surface area contributed by atoms with Crippen LogP contribution < -0.4 is 5.32 Å². The monoisotopic (exact) mass is 261 g/mol. The van der Waals surface area contributed by atoms with Crippen molar-refractivity contribution in [3.63, 3.8) is 0 Å². The Morgan fingerprint density at radius 2 is 2.00 bits per heavy atom. The summed E-state index contributed by atoms with van der Waals surface area (Å²) >= 11 is 5.70. The van der Waals surface area contributed by atoms with E-state index in [1.807, 2.05) is 37.3 Å². The topological polar surface area (TPSA) is 54.9 Å². The van der Waals surface area contributed by atoms with Crippen LogP contribution in [0.3, 0.4) is 0 Å². The number of hydrogen-bond acceptors (Lipinski definition) is 3. The molecule has 1 N–H and O–H groups in total. The molecule has 2 aromatic rings. The van der Waals surface area contributed by atoms with Gasteiger partial charge in [0.2, 0.25) is 5.91 Å². The third kappa shape index (κ3) is 3.05. The number of benzene rings is 1. The van der Waals surface area contributed by atoms with Crippen molar-refractivity contribution in [1.29, 1.82) is 0 Å². The van der Waals surface area contributed by atoms with Crippen LogP contribution in [0.4, 0.5) is 5.82 Å². The van der Waals surface area contributed by atoms with Crippen molar-refractivity contribution in [1.82, 2.24) is 9.97 Å². The maximum Gasteiger partial charge on any atom is 0.232 e. The number of carbonyl (C=O) groups excluding carboxylic acids is 1. The van der Waals surface area contributed by atoms with Gasteiger partial charge in [-0.1, -0.05) is 41.9 Å². The van der Waals surface area contributed by atoms with Crippen LogP contribution in [-0.2, 0) is 4.79 Å². The van der Waals surface area contributed by atoms with Crippen molar-refractivity contribution in [2.24, 2.45) is 0 Å². The van der Waals surface area contributed by atoms with E-state index in [9.17, 15) is 4.79 Å². The van der Waals surface area contributed by atoms with E-state index in [0.29, 0.717) is 5.82 Å². The zero-order valence-electron chi connectivity index (χ0n) is 9.80. The molecule has 0 saturated heterocycles. The summed E-state index contributed by atoms with van der Waals surface area (Å²) in [5.41, 5.74) is 0.949. The molecule has 4 nitrogen and oxygen atoms in total. The minimum atomic E-state index is -0.257. The Bertz CT molecular complexity index is 545. The number of hydrogen-bond donors (Lipinski definition) is 1. The standard InChI is InChI=1S/C13H12ClN3O/c1-9(10-5-3-2-4-6-10)13(18)17-12-8-15-7-11(14)16-12/h2-9H,1H3,(H,16,17,18). The summed E-state index contributed by atoms with van der Waals surface area (Å²) in [6.07, 6.45) is 2.87. The van der Waals surface area contributed by atoms with Gasteiger partial charge < -0.3 is 5.32 Å². The van der Waals surface area contributed by atoms with Crippen LogP contribution in [0.2, 0.25) is 5.15 Å². The summed E-state index contributed by atoms with van der Waals surface area (Å²) in [6, 6.07) is 9.54. The molecular formula is C13H12ClN3O. The molecule has 1 heterocycles. The maximum absolute atomic E-state index is 12.0. The molecule has 0 bridgehead atoms. The molecule has 1 aromatic heterocycles. The lowest BCUT2D eigenvalue weighted by Gasteiger charge is -2.11. The predicted molar refractivity (Wildman–Crippen MR) is 70.5 cm³/mol. The summed E-state index contributed by atoms with van der Waals surface area (Å²) in [4.78, 5) is 19.8. The summed E-state index contributed by atoms with van der Waals surface area (Å²) in [6.45, 7) is 1.84. The molecule has 0 saturated carbocycles. The molecule has 92 valence electrons. The van der Waals surface area contributed by atoms with Gasteiger partial charge in [0.15, 0.2) is 5.82 Å². The summed E-state index contributed by atoms with van der Waals surface area (Å²) in [5.74, 6) is -0.0416. The van der Waals surface area contributed by atoms with E-state index in [-0.39, 0.29) is 17.0 Å². The molecule has 0 aliphatic heterocycles. The molecule has 1 amide bonds. The first kappa shape index (κ1) is 12.5. The zero-order chi connectivity index (χ0) is 13.0. The number of aromatic nitrogens is 2. The van der Waals surface area contributed by atoms with Gasteiger partial charge in [-0.15, -0.1) is 0 Å². The third-order valence-corrected chi connectivity index (χ3v) is 2.73. The van der Waals surface area contributed by atoms with Crippen molar-refractivity contribution < 1.29 is 4.79 Å². The van der Waals surface area contributed by atoms with Gasteiger partial charge in [0.25, 0.3) is 0 Å². The van der Waals surface area contributed by atoms with Crippen LogP contribution >= 0.6 is 11.6 Å². The molecule has 18 heavy (non-hydrogen) atoms. The molecule has 0 aliphatic rings. The lowest BCUT2D eigenvalue weighted by Crippen LogP contribution is -2.19. The van der Waals surface area contributed by atoms with Crippen LogP contribution in [-0.4, -0.2) is 15.9 Å². The minimum Gasteiger partial charge on any atom is -0.309 e. The van der Waals surface area contributed by atoms with E-state index in [2.05, 4.69) is 15.3 Å². The fourth-order valence-electron chi connectivity index (χ4n) is 1.53. The Morgan fingerprint density at radius 1 is 1.28 bits per heavy atom. The van der Waals surface area contributed by atoms with Crippen molar-refractivity contribution >= 4 is 23.3 Å². The maximum atomic E-state index is 12.0. The van der Waals surface area contributed by atoms with Gasteiger partial charge in [-0.25, -0.2) is 4.98 Å². The highest BCUT2D eigenvalue weighted by Crippen LogP contribution is 2.17. The number of nitrogens with zero attached hydrogens (tertiary/aromatic N) is 2. The largest absolute Gasteiger partial charge is 0.309 e. The van der Waals surface area contributed by atoms with Crippen molar-refractivity contribution in [3.8, 4) is 0 Å². The lowest BCUT2D eigenvalue weighted by molar-refractivity contribution is -0.117. The van der Waals surface area contributed by atoms with Crippen LogP contribution in [0, 0.1) is 0 Å². The number of halogens is 1. The molecule has 0 aliphatic carbocycles. The number of amides is 1. The van der Waals surface area contributed by atoms with Crippen LogP contribution in [0.15, 0.2) is 42.7 Å². The average molecular weight is 262 g/mol. The lowest BCUT2D eigenvalue weighted by atomic mass is 10.0. The van der Waals surface area contributed by atoms with Crippen molar-refractivity contribution in [2.45, 2.75) is 12.8 Å². The van der Waals surface area contributed by atoms with E-state index >= 15 is 0 Å². The van der Waals surface area contributed by atoms with Crippen LogP contribution in [0.5, 0.6) is 0 Å². The van der Waals surface area contributed by atoms with Crippen molar-refractivity contribution in [2.75, 3.05) is 5.32 Å². The SMILES string of the molecule is CC(C(=O)Nc1cncc(Cl)n1)c1ccccc1. The first-order chi connectivity index (χ1) is 8.66. The van der Waals surface area contributed by atoms with Gasteiger partial charge in [-0.05, 0) is 12.5 Å². The second kappa shape index (κ2) is 5.60. The highest BCUT2D eigenvalue weighted by molar-refractivity contribution is 6.29. The second-order valence-corrected chi connectivity index (χ2v) is 4.24. The van der Waals surface area contributed by atoms with Gasteiger partial charge in [-0.3, -0.25) is 9.78 Å². The molecular weight excluding hydrogens is 250 g/mol. The smallest absolute Gasteiger partial charge is 0.232 e. The van der Waals surface area contributed by atoms with Gasteiger partial charge in [0.1, 0.15) is 5.15 Å². The summed E-state index contributed by atoms with van der Waals surface area (Å²) < 4.78 is 0. The first-order valence-electron chi connectivity index (χ1n) is 5.50. The molecule has 5 heteroatoms. The highest BCUT2D eigenvalue weighted by atomic mass is 35.5. The van der Waals surface area contributed by atoms with E-state index < -0.39 is 0 Å². The van der Waals surface area contributed by atoms with E-state index in [1.54, 1.807) is 0 Å². The molecule has 1 unspecified atom stereocenters. The Kier molecular flexibility index (Phi) is 3.89. The number of rotatable bonds is 3. The van der Waals surface area contributed by atoms with Gasteiger partial charge >= 0.3 is 0 Å². The third-order valence-electron chi connectivity index (χ3n) is 2.55. The van der Waals surface area contributed by atoms with Gasteiger partial charge in [0.05, 0.1) is 18.3 Å². The molecule has 1 atom stereocenters. The summed E-state index contributed by atoms with van der Waals surface area (Å²) in [5, 5.41) is 2.93. The average Bonchev–Trinajstić information content (AvgIpc) is 2.39. The normalized spacial score (nSPS) is 11.9. The van der Waals surface area contributed by atoms with Crippen LogP contribution in [0.25, 0.3) is 0 Å². The Labute approximate surface area is 110 Å². The fraction of sp³-hybridized carbons (Fsp3) is 0.154. The van der Waals surface area contributed by atoms with E-state index in [0.717, 1.165) is 5.56 Å². The number of carbonyl (C=O) groups is 1. The van der Waals surface area contributed by atoms with Gasteiger partial charge in [0, 0.05) is 0 Å². The number of anilines is 1. The van der Waals surface area contributed by atoms with E-state index in [4.69, 9.17) is 11.6 Å². The summed E-state index contributed by atoms with van der Waals surface area (Å²) in [7, 11) is 0. The van der Waals surface area contributed by atoms with E-state index in [1.165, 1.54) is 12.4 Å². The molecule has 0 fully saturated rings. The second-order valence-electron chi connectivity index (χ2n) is 3.85. The minimum absolute atomic E-state index is 0.141. The van der Waals surface area contributed by atoms with Crippen LogP contribution in [0.1, 0.15) is 18.4 Å². The Balaban J connectivity index is 2.09.